The quantitative estimate of drug-likeness (QED) is 0.751. The van der Waals surface area contributed by atoms with Crippen molar-refractivity contribution in [3.63, 3.8) is 0 Å². The van der Waals surface area contributed by atoms with Crippen molar-refractivity contribution in [1.29, 1.82) is 0 Å². The van der Waals surface area contributed by atoms with Gasteiger partial charge in [0.2, 0.25) is 0 Å². The van der Waals surface area contributed by atoms with Crippen LogP contribution in [0.5, 0.6) is 0 Å². The molecule has 0 aliphatic carbocycles. The fraction of sp³-hybridized carbons (Fsp3) is 0.529. The second-order valence-electron chi connectivity index (χ2n) is 5.98. The number of aryl methyl sites for hydroxylation is 1. The molecule has 4 nitrogen and oxygen atoms in total. The summed E-state index contributed by atoms with van der Waals surface area (Å²) in [6, 6.07) is 5.12. The van der Waals surface area contributed by atoms with Crippen molar-refractivity contribution in [2.45, 2.75) is 34.6 Å². The molecule has 0 aromatic heterocycles. The fourth-order valence-electron chi connectivity index (χ4n) is 1.74. The largest absolute Gasteiger partial charge is 0.462 e. The van der Waals surface area contributed by atoms with Gasteiger partial charge in [0.05, 0.1) is 24.3 Å². The summed E-state index contributed by atoms with van der Waals surface area (Å²) in [5, 5.41) is 0. The van der Waals surface area contributed by atoms with E-state index in [4.69, 9.17) is 9.47 Å². The number of carbonyl (C=O) groups is 2. The summed E-state index contributed by atoms with van der Waals surface area (Å²) >= 11 is 0. The summed E-state index contributed by atoms with van der Waals surface area (Å²) < 4.78 is 10.5. The number of hydrogen-bond donors (Lipinski definition) is 0. The van der Waals surface area contributed by atoms with E-state index >= 15 is 0 Å². The van der Waals surface area contributed by atoms with Gasteiger partial charge < -0.3 is 9.47 Å². The van der Waals surface area contributed by atoms with E-state index < -0.39 is 11.9 Å². The lowest BCUT2D eigenvalue weighted by molar-refractivity contribution is 0.0411. The average molecular weight is 292 g/mol. The van der Waals surface area contributed by atoms with Crippen molar-refractivity contribution < 1.29 is 19.1 Å². The molecule has 0 aliphatic heterocycles. The van der Waals surface area contributed by atoms with Gasteiger partial charge in [-0.2, -0.15) is 0 Å². The zero-order valence-electron chi connectivity index (χ0n) is 13.4. The smallest absolute Gasteiger partial charge is 0.339 e. The summed E-state index contributed by atoms with van der Waals surface area (Å²) in [5.74, 6) is -0.466. The van der Waals surface area contributed by atoms with Gasteiger partial charge in [-0.3, -0.25) is 0 Å². The highest BCUT2D eigenvalue weighted by Crippen LogP contribution is 2.17. The molecule has 0 unspecified atom stereocenters. The Morgan fingerprint density at radius 3 is 2.00 bits per heavy atom. The first kappa shape index (κ1) is 17.2. The van der Waals surface area contributed by atoms with Crippen molar-refractivity contribution in [2.75, 3.05) is 13.2 Å². The van der Waals surface area contributed by atoms with Gasteiger partial charge in [-0.15, -0.1) is 0 Å². The van der Waals surface area contributed by atoms with E-state index in [9.17, 15) is 9.59 Å². The highest BCUT2D eigenvalue weighted by atomic mass is 16.5. The number of carbonyl (C=O) groups excluding carboxylic acids is 2. The monoisotopic (exact) mass is 292 g/mol. The van der Waals surface area contributed by atoms with Gasteiger partial charge in [0, 0.05) is 0 Å². The van der Waals surface area contributed by atoms with Crippen molar-refractivity contribution in [3.05, 3.63) is 34.9 Å². The van der Waals surface area contributed by atoms with Gasteiger partial charge in [-0.05, 0) is 30.4 Å². The zero-order valence-corrected chi connectivity index (χ0v) is 13.4. The van der Waals surface area contributed by atoms with Gasteiger partial charge in [0.1, 0.15) is 0 Å². The lowest BCUT2D eigenvalue weighted by atomic mass is 10.0. The third-order valence-corrected chi connectivity index (χ3v) is 2.79. The molecular weight excluding hydrogens is 268 g/mol. The van der Waals surface area contributed by atoms with Crippen LogP contribution in [0.2, 0.25) is 0 Å². The Hall–Kier alpha value is -1.84. The maximum absolute atomic E-state index is 12.2. The predicted molar refractivity (Wildman–Crippen MR) is 81.4 cm³/mol. The molecular formula is C17H24O4. The first-order valence-electron chi connectivity index (χ1n) is 7.26. The standard InChI is InChI=1S/C17H24O4/c1-11(2)9-20-16(18)14-8-6-7-13(5)15(14)17(19)21-10-12(3)4/h6-8,11-12H,9-10H2,1-5H3. The van der Waals surface area contributed by atoms with E-state index in [0.29, 0.717) is 24.3 Å². The molecule has 0 fully saturated rings. The second kappa shape index (κ2) is 7.81. The first-order valence-corrected chi connectivity index (χ1v) is 7.26. The van der Waals surface area contributed by atoms with Crippen molar-refractivity contribution in [2.24, 2.45) is 11.8 Å². The third-order valence-electron chi connectivity index (χ3n) is 2.79. The van der Waals surface area contributed by atoms with Crippen LogP contribution >= 0.6 is 0 Å². The molecule has 0 N–H and O–H groups in total. The highest BCUT2D eigenvalue weighted by Gasteiger charge is 2.22. The molecule has 0 bridgehead atoms. The molecule has 0 radical (unpaired) electrons. The van der Waals surface area contributed by atoms with Crippen LogP contribution in [0.4, 0.5) is 0 Å². The lowest BCUT2D eigenvalue weighted by Crippen LogP contribution is -2.18. The van der Waals surface area contributed by atoms with Crippen LogP contribution in [-0.2, 0) is 9.47 Å². The van der Waals surface area contributed by atoms with Gasteiger partial charge in [0.15, 0.2) is 0 Å². The van der Waals surface area contributed by atoms with Crippen LogP contribution in [0, 0.1) is 18.8 Å². The van der Waals surface area contributed by atoms with Gasteiger partial charge in [-0.25, -0.2) is 9.59 Å². The normalized spacial score (nSPS) is 10.8. The fourth-order valence-corrected chi connectivity index (χ4v) is 1.74. The van der Waals surface area contributed by atoms with E-state index in [0.717, 1.165) is 0 Å². The number of hydrogen-bond acceptors (Lipinski definition) is 4. The van der Waals surface area contributed by atoms with Crippen molar-refractivity contribution >= 4 is 11.9 Å². The summed E-state index contributed by atoms with van der Waals surface area (Å²) in [4.78, 5) is 24.3. The van der Waals surface area contributed by atoms with Gasteiger partial charge >= 0.3 is 11.9 Å². The summed E-state index contributed by atoms with van der Waals surface area (Å²) in [7, 11) is 0. The molecule has 0 aliphatic rings. The van der Waals surface area contributed by atoms with Gasteiger partial charge in [0.25, 0.3) is 0 Å². The minimum Gasteiger partial charge on any atom is -0.462 e. The van der Waals surface area contributed by atoms with Crippen LogP contribution in [0.1, 0.15) is 54.0 Å². The van der Waals surface area contributed by atoms with E-state index in [2.05, 4.69) is 0 Å². The van der Waals surface area contributed by atoms with E-state index in [1.807, 2.05) is 27.7 Å². The molecule has 1 rings (SSSR count). The second-order valence-corrected chi connectivity index (χ2v) is 5.98. The maximum Gasteiger partial charge on any atom is 0.339 e. The van der Waals surface area contributed by atoms with E-state index in [1.165, 1.54) is 0 Å². The van der Waals surface area contributed by atoms with Gasteiger partial charge in [-0.1, -0.05) is 39.8 Å². The van der Waals surface area contributed by atoms with Crippen LogP contribution in [0.25, 0.3) is 0 Å². The molecule has 0 amide bonds. The molecule has 0 spiro atoms. The van der Waals surface area contributed by atoms with E-state index in [1.54, 1.807) is 25.1 Å². The lowest BCUT2D eigenvalue weighted by Gasteiger charge is -2.13. The molecule has 0 saturated carbocycles. The van der Waals surface area contributed by atoms with Crippen molar-refractivity contribution in [1.82, 2.24) is 0 Å². The Morgan fingerprint density at radius 1 is 0.952 bits per heavy atom. The number of ether oxygens (including phenoxy) is 2. The van der Waals surface area contributed by atoms with Crippen LogP contribution < -0.4 is 0 Å². The summed E-state index contributed by atoms with van der Waals surface area (Å²) in [6.07, 6.45) is 0. The minimum atomic E-state index is -0.483. The van der Waals surface area contributed by atoms with E-state index in [-0.39, 0.29) is 17.4 Å². The van der Waals surface area contributed by atoms with Crippen LogP contribution in [0.15, 0.2) is 18.2 Å². The maximum atomic E-state index is 12.2. The Morgan fingerprint density at radius 2 is 1.48 bits per heavy atom. The number of rotatable bonds is 6. The summed E-state index contributed by atoms with van der Waals surface area (Å²) in [6.45, 7) is 10.3. The Bertz CT molecular complexity index is 504. The molecule has 4 heteroatoms. The Balaban J connectivity index is 2.97. The van der Waals surface area contributed by atoms with Crippen LogP contribution in [-0.4, -0.2) is 25.2 Å². The van der Waals surface area contributed by atoms with Crippen molar-refractivity contribution in [3.8, 4) is 0 Å². The highest BCUT2D eigenvalue weighted by molar-refractivity contribution is 6.04. The molecule has 0 atom stereocenters. The SMILES string of the molecule is Cc1cccc(C(=O)OCC(C)C)c1C(=O)OCC(C)C. The number of benzene rings is 1. The topological polar surface area (TPSA) is 52.6 Å². The average Bonchev–Trinajstić information content (AvgIpc) is 2.41. The molecule has 21 heavy (non-hydrogen) atoms. The molecule has 1 aromatic carbocycles. The molecule has 116 valence electrons. The predicted octanol–water partition coefficient (Wildman–Crippen LogP) is 3.62. The molecule has 1 aromatic rings. The summed E-state index contributed by atoms with van der Waals surface area (Å²) in [5.41, 5.74) is 1.28. The molecule has 0 heterocycles. The third kappa shape index (κ3) is 5.21. The Kier molecular flexibility index (Phi) is 6.40. The minimum absolute atomic E-state index is 0.245. The first-order chi connectivity index (χ1) is 9.82. The zero-order chi connectivity index (χ0) is 16.0. The molecule has 0 saturated heterocycles. The Labute approximate surface area is 126 Å². The number of esters is 2. The van der Waals surface area contributed by atoms with Crippen LogP contribution in [0.3, 0.4) is 0 Å².